The van der Waals surface area contributed by atoms with Gasteiger partial charge in [-0.25, -0.2) is 0 Å². The Bertz CT molecular complexity index is 612. The van der Waals surface area contributed by atoms with E-state index in [1.54, 1.807) is 12.4 Å². The van der Waals surface area contributed by atoms with E-state index < -0.39 is 0 Å². The topological polar surface area (TPSA) is 51.2 Å². The highest BCUT2D eigenvalue weighted by Crippen LogP contribution is 2.21. The molecular weight excluding hydrogens is 284 g/mol. The molecule has 2 atom stereocenters. The summed E-state index contributed by atoms with van der Waals surface area (Å²) in [6.07, 6.45) is 4.50. The van der Waals surface area contributed by atoms with Crippen LogP contribution in [-0.4, -0.2) is 30.1 Å². The van der Waals surface area contributed by atoms with Crippen molar-refractivity contribution in [1.29, 1.82) is 0 Å². The van der Waals surface area contributed by atoms with Crippen molar-refractivity contribution in [2.75, 3.05) is 13.2 Å². The van der Waals surface area contributed by atoms with Crippen LogP contribution in [0.1, 0.15) is 20.1 Å². The van der Waals surface area contributed by atoms with Crippen LogP contribution in [0.5, 0.6) is 0 Å². The Morgan fingerprint density at radius 3 is 2.86 bits per heavy atom. The van der Waals surface area contributed by atoms with Gasteiger partial charge in [0.1, 0.15) is 0 Å². The minimum atomic E-state index is 0.00308. The zero-order chi connectivity index (χ0) is 14.7. The smallest absolute Gasteiger partial charge is 0.261 e. The normalized spacial score (nSPS) is 21.4. The van der Waals surface area contributed by atoms with Crippen molar-refractivity contribution < 1.29 is 9.53 Å². The Kier molecular flexibility index (Phi) is 4.31. The fourth-order valence-electron chi connectivity index (χ4n) is 2.58. The van der Waals surface area contributed by atoms with E-state index in [2.05, 4.69) is 10.3 Å². The monoisotopic (exact) mass is 302 g/mol. The number of pyridine rings is 1. The van der Waals surface area contributed by atoms with E-state index in [-0.39, 0.29) is 11.9 Å². The van der Waals surface area contributed by atoms with E-state index in [1.165, 1.54) is 16.9 Å². The van der Waals surface area contributed by atoms with E-state index in [0.717, 1.165) is 16.2 Å². The fourth-order valence-corrected chi connectivity index (χ4v) is 3.35. The summed E-state index contributed by atoms with van der Waals surface area (Å²) in [5, 5.41) is 3.11. The minimum absolute atomic E-state index is 0.00308. The molecule has 4 nitrogen and oxygen atoms in total. The van der Waals surface area contributed by atoms with Gasteiger partial charge in [-0.05, 0) is 43.2 Å². The van der Waals surface area contributed by atoms with Crippen LogP contribution < -0.4 is 5.32 Å². The van der Waals surface area contributed by atoms with Crippen LogP contribution in [0.3, 0.4) is 0 Å². The molecule has 0 aliphatic carbocycles. The maximum absolute atomic E-state index is 12.2. The van der Waals surface area contributed by atoms with E-state index >= 15 is 0 Å². The number of nitrogens with one attached hydrogen (secondary N) is 1. The summed E-state index contributed by atoms with van der Waals surface area (Å²) in [5.74, 6) is 0.320. The van der Waals surface area contributed by atoms with Gasteiger partial charge < -0.3 is 10.1 Å². The maximum atomic E-state index is 12.2. The Balaban J connectivity index is 1.63. The Morgan fingerprint density at radius 1 is 1.33 bits per heavy atom. The van der Waals surface area contributed by atoms with E-state index in [4.69, 9.17) is 4.74 Å². The molecule has 1 aliphatic heterocycles. The van der Waals surface area contributed by atoms with Gasteiger partial charge in [0.2, 0.25) is 0 Å². The zero-order valence-electron chi connectivity index (χ0n) is 11.9. The van der Waals surface area contributed by atoms with Gasteiger partial charge >= 0.3 is 0 Å². The van der Waals surface area contributed by atoms with E-state index in [1.807, 2.05) is 31.2 Å². The van der Waals surface area contributed by atoms with Gasteiger partial charge in [0, 0.05) is 23.2 Å². The molecule has 2 aromatic rings. The molecule has 5 heteroatoms. The summed E-state index contributed by atoms with van der Waals surface area (Å²) >= 11 is 1.52. The molecule has 1 amide bonds. The number of aryl methyl sites for hydroxylation is 1. The zero-order valence-corrected chi connectivity index (χ0v) is 12.7. The Morgan fingerprint density at radius 2 is 2.14 bits per heavy atom. The van der Waals surface area contributed by atoms with Crippen LogP contribution in [0.2, 0.25) is 0 Å². The average Bonchev–Trinajstić information content (AvgIpc) is 3.10. The molecule has 0 unspecified atom stereocenters. The van der Waals surface area contributed by atoms with E-state index in [9.17, 15) is 4.79 Å². The number of hydrogen-bond acceptors (Lipinski definition) is 4. The fraction of sp³-hybridized carbons (Fsp3) is 0.375. The van der Waals surface area contributed by atoms with Crippen molar-refractivity contribution in [3.8, 4) is 0 Å². The third-order valence-electron chi connectivity index (χ3n) is 3.73. The standard InChI is InChI=1S/C16H18N2O2S/c1-11-2-3-15(21-11)16(19)18-14-10-20-9-13(14)8-12-4-6-17-7-5-12/h2-7,13-14H,8-10H2,1H3,(H,18,19)/t13-,14-/m1/s1. The first kappa shape index (κ1) is 14.2. The van der Waals surface area contributed by atoms with Crippen molar-refractivity contribution in [3.05, 3.63) is 52.0 Å². The molecule has 2 aromatic heterocycles. The molecule has 1 N–H and O–H groups in total. The molecule has 3 rings (SSSR count). The molecule has 110 valence electrons. The third-order valence-corrected chi connectivity index (χ3v) is 4.73. The first-order valence-electron chi connectivity index (χ1n) is 7.06. The largest absolute Gasteiger partial charge is 0.379 e. The summed E-state index contributed by atoms with van der Waals surface area (Å²) in [5.41, 5.74) is 1.23. The highest BCUT2D eigenvalue weighted by atomic mass is 32.1. The predicted molar refractivity (Wildman–Crippen MR) is 82.6 cm³/mol. The van der Waals surface area contributed by atoms with Crippen molar-refractivity contribution in [2.24, 2.45) is 5.92 Å². The summed E-state index contributed by atoms with van der Waals surface area (Å²) in [4.78, 5) is 18.2. The van der Waals surface area contributed by atoms with E-state index in [0.29, 0.717) is 19.1 Å². The second-order valence-electron chi connectivity index (χ2n) is 5.35. The van der Waals surface area contributed by atoms with Crippen molar-refractivity contribution in [2.45, 2.75) is 19.4 Å². The van der Waals surface area contributed by atoms with Gasteiger partial charge in [0.05, 0.1) is 24.1 Å². The third kappa shape index (κ3) is 3.49. The first-order valence-corrected chi connectivity index (χ1v) is 7.88. The summed E-state index contributed by atoms with van der Waals surface area (Å²) < 4.78 is 5.56. The molecule has 0 spiro atoms. The van der Waals surface area contributed by atoms with Crippen LogP contribution in [0, 0.1) is 12.8 Å². The summed E-state index contributed by atoms with van der Waals surface area (Å²) in [7, 11) is 0. The van der Waals surface area contributed by atoms with Crippen molar-refractivity contribution in [1.82, 2.24) is 10.3 Å². The van der Waals surface area contributed by atoms with Gasteiger partial charge in [-0.1, -0.05) is 0 Å². The average molecular weight is 302 g/mol. The molecular formula is C16H18N2O2S. The molecule has 1 saturated heterocycles. The van der Waals surface area contributed by atoms with Crippen molar-refractivity contribution in [3.63, 3.8) is 0 Å². The van der Waals surface area contributed by atoms with Crippen LogP contribution in [0.4, 0.5) is 0 Å². The van der Waals surface area contributed by atoms with Crippen LogP contribution in [-0.2, 0) is 11.2 Å². The second kappa shape index (κ2) is 6.37. The lowest BCUT2D eigenvalue weighted by molar-refractivity contribution is 0.0929. The van der Waals surface area contributed by atoms with Gasteiger partial charge in [0.25, 0.3) is 5.91 Å². The number of carbonyl (C=O) groups is 1. The molecule has 1 aliphatic rings. The molecule has 0 bridgehead atoms. The molecule has 3 heterocycles. The van der Waals surface area contributed by atoms with Gasteiger partial charge in [-0.3, -0.25) is 9.78 Å². The first-order chi connectivity index (χ1) is 10.2. The number of amides is 1. The molecule has 0 radical (unpaired) electrons. The molecule has 1 fully saturated rings. The van der Waals surface area contributed by atoms with Gasteiger partial charge in [-0.2, -0.15) is 0 Å². The number of thiophene rings is 1. The maximum Gasteiger partial charge on any atom is 0.261 e. The number of nitrogens with zero attached hydrogens (tertiary/aromatic N) is 1. The highest BCUT2D eigenvalue weighted by molar-refractivity contribution is 7.13. The predicted octanol–water partition coefficient (Wildman–Crippen LogP) is 2.44. The van der Waals surface area contributed by atoms with Crippen LogP contribution >= 0.6 is 11.3 Å². The number of carbonyl (C=O) groups excluding carboxylic acids is 1. The Labute approximate surface area is 128 Å². The van der Waals surface area contributed by atoms with Gasteiger partial charge in [0.15, 0.2) is 0 Å². The van der Waals surface area contributed by atoms with Gasteiger partial charge in [-0.15, -0.1) is 11.3 Å². The Hall–Kier alpha value is -1.72. The lowest BCUT2D eigenvalue weighted by Gasteiger charge is -2.18. The quantitative estimate of drug-likeness (QED) is 0.944. The summed E-state index contributed by atoms with van der Waals surface area (Å²) in [6.45, 7) is 3.29. The lowest BCUT2D eigenvalue weighted by atomic mass is 9.95. The minimum Gasteiger partial charge on any atom is -0.379 e. The molecule has 0 saturated carbocycles. The van der Waals surface area contributed by atoms with Crippen LogP contribution in [0.25, 0.3) is 0 Å². The molecule has 0 aromatic carbocycles. The summed E-state index contributed by atoms with van der Waals surface area (Å²) in [6, 6.07) is 7.95. The van der Waals surface area contributed by atoms with Crippen molar-refractivity contribution >= 4 is 17.2 Å². The SMILES string of the molecule is Cc1ccc(C(=O)N[C@@H]2COC[C@H]2Cc2ccncc2)s1. The number of rotatable bonds is 4. The molecule has 21 heavy (non-hydrogen) atoms. The number of ether oxygens (including phenoxy) is 1. The number of hydrogen-bond donors (Lipinski definition) is 1. The lowest BCUT2D eigenvalue weighted by Crippen LogP contribution is -2.40. The second-order valence-corrected chi connectivity index (χ2v) is 6.64. The number of aromatic nitrogens is 1. The highest BCUT2D eigenvalue weighted by Gasteiger charge is 2.30. The van der Waals surface area contributed by atoms with Crippen LogP contribution in [0.15, 0.2) is 36.7 Å².